The van der Waals surface area contributed by atoms with E-state index in [0.717, 1.165) is 6.07 Å². The lowest BCUT2D eigenvalue weighted by atomic mass is 10.2. The summed E-state index contributed by atoms with van der Waals surface area (Å²) in [6.45, 7) is 1.88. The van der Waals surface area contributed by atoms with Crippen LogP contribution in [0.5, 0.6) is 0 Å². The number of hydrogen-bond acceptors (Lipinski definition) is 2. The molecule has 1 atom stereocenters. The Kier molecular flexibility index (Phi) is 4.11. The van der Waals surface area contributed by atoms with Crippen LogP contribution in [0.15, 0.2) is 12.1 Å². The summed E-state index contributed by atoms with van der Waals surface area (Å²) in [4.78, 5) is 0. The molecule has 0 heterocycles. The molecule has 0 aliphatic heterocycles. The molecule has 0 spiro atoms. The molecule has 0 aliphatic rings. The zero-order valence-corrected chi connectivity index (χ0v) is 8.23. The summed E-state index contributed by atoms with van der Waals surface area (Å²) in [6.07, 6.45) is -0.571. The van der Waals surface area contributed by atoms with Gasteiger partial charge in [0.15, 0.2) is 11.6 Å². The molecular formula is C10H12F3NO. The minimum absolute atomic E-state index is 0.0366. The fraction of sp³-hybridized carbons (Fsp3) is 0.400. The van der Waals surface area contributed by atoms with Crippen LogP contribution in [-0.2, 0) is 6.54 Å². The fourth-order valence-electron chi connectivity index (χ4n) is 1.11. The van der Waals surface area contributed by atoms with E-state index in [1.807, 2.05) is 0 Å². The molecule has 0 saturated heterocycles. The van der Waals surface area contributed by atoms with Crippen LogP contribution < -0.4 is 5.32 Å². The first-order valence-corrected chi connectivity index (χ1v) is 4.53. The van der Waals surface area contributed by atoms with Crippen molar-refractivity contribution in [3.8, 4) is 0 Å². The van der Waals surface area contributed by atoms with Gasteiger partial charge in [0.05, 0.1) is 6.10 Å². The Hall–Kier alpha value is -1.07. The van der Waals surface area contributed by atoms with Gasteiger partial charge in [0.25, 0.3) is 0 Å². The van der Waals surface area contributed by atoms with E-state index in [1.54, 1.807) is 6.92 Å². The van der Waals surface area contributed by atoms with Gasteiger partial charge in [0, 0.05) is 24.7 Å². The molecule has 0 bridgehead atoms. The van der Waals surface area contributed by atoms with E-state index in [-0.39, 0.29) is 18.7 Å². The zero-order valence-electron chi connectivity index (χ0n) is 8.23. The Morgan fingerprint density at radius 1 is 1.20 bits per heavy atom. The van der Waals surface area contributed by atoms with Gasteiger partial charge in [-0.05, 0) is 13.0 Å². The lowest BCUT2D eigenvalue weighted by Gasteiger charge is -2.08. The van der Waals surface area contributed by atoms with Crippen molar-refractivity contribution in [2.24, 2.45) is 0 Å². The number of benzene rings is 1. The van der Waals surface area contributed by atoms with E-state index in [2.05, 4.69) is 5.32 Å². The van der Waals surface area contributed by atoms with Gasteiger partial charge in [-0.15, -0.1) is 0 Å². The second kappa shape index (κ2) is 5.14. The average Bonchev–Trinajstić information content (AvgIpc) is 2.13. The molecule has 0 aliphatic carbocycles. The van der Waals surface area contributed by atoms with Crippen LogP contribution in [0.2, 0.25) is 0 Å². The predicted octanol–water partition coefficient (Wildman–Crippen LogP) is 1.57. The molecule has 0 saturated carbocycles. The van der Waals surface area contributed by atoms with Crippen molar-refractivity contribution in [3.05, 3.63) is 35.1 Å². The van der Waals surface area contributed by atoms with Crippen LogP contribution in [0.1, 0.15) is 12.5 Å². The first-order valence-electron chi connectivity index (χ1n) is 4.53. The first-order chi connectivity index (χ1) is 7.00. The van der Waals surface area contributed by atoms with Gasteiger partial charge >= 0.3 is 0 Å². The summed E-state index contributed by atoms with van der Waals surface area (Å²) in [6, 6.07) is 1.31. The standard InChI is InChI=1S/C10H12F3NO/c1-6(15)4-14-5-7-2-9(12)10(13)3-8(7)11/h2-3,6,14-15H,4-5H2,1H3. The van der Waals surface area contributed by atoms with E-state index in [1.165, 1.54) is 0 Å². The maximum absolute atomic E-state index is 13.0. The molecule has 15 heavy (non-hydrogen) atoms. The van der Waals surface area contributed by atoms with Crippen molar-refractivity contribution in [2.45, 2.75) is 19.6 Å². The topological polar surface area (TPSA) is 32.3 Å². The van der Waals surface area contributed by atoms with Crippen LogP contribution in [0.3, 0.4) is 0 Å². The van der Waals surface area contributed by atoms with Crippen LogP contribution in [0, 0.1) is 17.5 Å². The quantitative estimate of drug-likeness (QED) is 0.753. The third-order valence-electron chi connectivity index (χ3n) is 1.84. The largest absolute Gasteiger partial charge is 0.392 e. The first kappa shape index (κ1) is 12.0. The van der Waals surface area contributed by atoms with Crippen molar-refractivity contribution < 1.29 is 18.3 Å². The molecule has 0 radical (unpaired) electrons. The summed E-state index contributed by atoms with van der Waals surface area (Å²) in [5, 5.41) is 11.6. The predicted molar refractivity (Wildman–Crippen MR) is 49.7 cm³/mol. The zero-order chi connectivity index (χ0) is 11.4. The molecule has 1 aromatic carbocycles. The molecule has 84 valence electrons. The molecular weight excluding hydrogens is 207 g/mol. The summed E-state index contributed by atoms with van der Waals surface area (Å²) < 4.78 is 38.3. The van der Waals surface area contributed by atoms with Crippen molar-refractivity contribution in [3.63, 3.8) is 0 Å². The molecule has 2 nitrogen and oxygen atoms in total. The lowest BCUT2D eigenvalue weighted by Crippen LogP contribution is -2.24. The van der Waals surface area contributed by atoms with E-state index in [0.29, 0.717) is 6.07 Å². The van der Waals surface area contributed by atoms with Crippen LogP contribution in [-0.4, -0.2) is 17.8 Å². The van der Waals surface area contributed by atoms with Crippen LogP contribution >= 0.6 is 0 Å². The van der Waals surface area contributed by atoms with E-state index in [9.17, 15) is 13.2 Å². The summed E-state index contributed by atoms with van der Waals surface area (Å²) in [5.74, 6) is -3.08. The minimum Gasteiger partial charge on any atom is -0.392 e. The Labute approximate surface area is 85.7 Å². The Bertz CT molecular complexity index is 342. The van der Waals surface area contributed by atoms with Crippen LogP contribution in [0.4, 0.5) is 13.2 Å². The normalized spacial score (nSPS) is 12.9. The number of aliphatic hydroxyl groups excluding tert-OH is 1. The molecule has 0 fully saturated rings. The molecule has 1 rings (SSSR count). The van der Waals surface area contributed by atoms with Crippen molar-refractivity contribution in [2.75, 3.05) is 6.54 Å². The molecule has 1 unspecified atom stereocenters. The highest BCUT2D eigenvalue weighted by molar-refractivity contribution is 5.19. The third kappa shape index (κ3) is 3.53. The highest BCUT2D eigenvalue weighted by atomic mass is 19.2. The van der Waals surface area contributed by atoms with E-state index >= 15 is 0 Å². The number of rotatable bonds is 4. The monoisotopic (exact) mass is 219 g/mol. The Morgan fingerprint density at radius 2 is 1.80 bits per heavy atom. The maximum Gasteiger partial charge on any atom is 0.161 e. The Morgan fingerprint density at radius 3 is 2.40 bits per heavy atom. The lowest BCUT2D eigenvalue weighted by molar-refractivity contribution is 0.190. The Balaban J connectivity index is 2.65. The van der Waals surface area contributed by atoms with Crippen molar-refractivity contribution >= 4 is 0 Å². The minimum atomic E-state index is -1.20. The second-order valence-corrected chi connectivity index (χ2v) is 3.34. The van der Waals surface area contributed by atoms with Crippen LogP contribution in [0.25, 0.3) is 0 Å². The molecule has 0 aromatic heterocycles. The SMILES string of the molecule is CC(O)CNCc1cc(F)c(F)cc1F. The molecule has 0 amide bonds. The number of aliphatic hydroxyl groups is 1. The van der Waals surface area contributed by atoms with Gasteiger partial charge in [-0.25, -0.2) is 13.2 Å². The number of nitrogens with one attached hydrogen (secondary N) is 1. The molecule has 5 heteroatoms. The van der Waals surface area contributed by atoms with Gasteiger partial charge in [0.1, 0.15) is 5.82 Å². The number of hydrogen-bond donors (Lipinski definition) is 2. The molecule has 1 aromatic rings. The third-order valence-corrected chi connectivity index (χ3v) is 1.84. The number of halogens is 3. The summed E-state index contributed by atoms with van der Waals surface area (Å²) in [7, 11) is 0. The van der Waals surface area contributed by atoms with Gasteiger partial charge in [-0.1, -0.05) is 0 Å². The van der Waals surface area contributed by atoms with Gasteiger partial charge in [-0.3, -0.25) is 0 Å². The van der Waals surface area contributed by atoms with Crippen molar-refractivity contribution in [1.29, 1.82) is 0 Å². The van der Waals surface area contributed by atoms with E-state index in [4.69, 9.17) is 5.11 Å². The maximum atomic E-state index is 13.0. The van der Waals surface area contributed by atoms with E-state index < -0.39 is 23.6 Å². The highest BCUT2D eigenvalue weighted by Crippen LogP contribution is 2.13. The average molecular weight is 219 g/mol. The fourth-order valence-corrected chi connectivity index (χ4v) is 1.11. The summed E-state index contributed by atoms with van der Waals surface area (Å²) in [5.41, 5.74) is 0.0366. The van der Waals surface area contributed by atoms with Gasteiger partial charge in [-0.2, -0.15) is 0 Å². The van der Waals surface area contributed by atoms with Gasteiger partial charge < -0.3 is 10.4 Å². The summed E-state index contributed by atoms with van der Waals surface area (Å²) >= 11 is 0. The highest BCUT2D eigenvalue weighted by Gasteiger charge is 2.09. The van der Waals surface area contributed by atoms with Crippen molar-refractivity contribution in [1.82, 2.24) is 5.32 Å². The second-order valence-electron chi connectivity index (χ2n) is 3.34. The van der Waals surface area contributed by atoms with Gasteiger partial charge in [0.2, 0.25) is 0 Å². The smallest absolute Gasteiger partial charge is 0.161 e. The molecule has 2 N–H and O–H groups in total.